The molecule has 0 fully saturated rings. The third-order valence-corrected chi connectivity index (χ3v) is 1.72. The lowest BCUT2D eigenvalue weighted by atomic mass is 10.3. The molecular weight excluding hydrogens is 172 g/mol. The van der Waals surface area contributed by atoms with Gasteiger partial charge in [-0.3, -0.25) is 10.4 Å². The van der Waals surface area contributed by atoms with Gasteiger partial charge in [-0.2, -0.15) is 0 Å². The first-order valence-corrected chi connectivity index (χ1v) is 3.72. The molecule has 2 N–H and O–H groups in total. The predicted molar refractivity (Wildman–Crippen MR) is 44.8 cm³/mol. The van der Waals surface area contributed by atoms with Crippen LogP contribution in [0.15, 0.2) is 22.6 Å². The van der Waals surface area contributed by atoms with Gasteiger partial charge in [0, 0.05) is 6.92 Å². The number of benzene rings is 1. The normalized spacial score (nSPS) is 10.7. The third kappa shape index (κ3) is 1.24. The van der Waals surface area contributed by atoms with Gasteiger partial charge >= 0.3 is 0 Å². The molecule has 0 aliphatic rings. The van der Waals surface area contributed by atoms with Crippen molar-refractivity contribution < 1.29 is 14.8 Å². The van der Waals surface area contributed by atoms with Crippen LogP contribution in [0.3, 0.4) is 0 Å². The molecule has 2 aromatic rings. The van der Waals surface area contributed by atoms with Crippen molar-refractivity contribution >= 4 is 16.8 Å². The molecule has 5 heteroatoms. The van der Waals surface area contributed by atoms with Crippen molar-refractivity contribution in [2.75, 3.05) is 5.23 Å². The Kier molecular flexibility index (Phi) is 1.68. The summed E-state index contributed by atoms with van der Waals surface area (Å²) in [6.45, 7) is 1.70. The number of rotatable bonds is 1. The molecule has 2 rings (SSSR count). The lowest BCUT2D eigenvalue weighted by Crippen LogP contribution is -2.11. The van der Waals surface area contributed by atoms with Gasteiger partial charge in [-0.1, -0.05) is 6.07 Å². The number of aryl methyl sites for hydroxylation is 1. The van der Waals surface area contributed by atoms with Gasteiger partial charge < -0.3 is 4.42 Å². The van der Waals surface area contributed by atoms with Crippen LogP contribution in [0.4, 0.5) is 5.69 Å². The monoisotopic (exact) mass is 180 g/mol. The van der Waals surface area contributed by atoms with E-state index in [9.17, 15) is 0 Å². The van der Waals surface area contributed by atoms with Crippen molar-refractivity contribution in [3.05, 3.63) is 24.1 Å². The molecule has 13 heavy (non-hydrogen) atoms. The summed E-state index contributed by atoms with van der Waals surface area (Å²) >= 11 is 0. The van der Waals surface area contributed by atoms with Crippen LogP contribution in [0.25, 0.3) is 11.1 Å². The molecule has 0 aliphatic carbocycles. The molecule has 0 amide bonds. The number of hydrogen-bond donors (Lipinski definition) is 2. The summed E-state index contributed by atoms with van der Waals surface area (Å²) in [7, 11) is 0. The van der Waals surface area contributed by atoms with E-state index in [2.05, 4.69) is 4.98 Å². The standard InChI is InChI=1S/C8H8N2O3/c1-5-9-8-6(10(11)12)3-2-4-7(8)13-5/h2-4,11-12H,1H3. The van der Waals surface area contributed by atoms with Crippen LogP contribution >= 0.6 is 0 Å². The Hall–Kier alpha value is -1.59. The molecule has 5 nitrogen and oxygen atoms in total. The SMILES string of the molecule is Cc1nc2c(N(O)O)cccc2o1. The maximum Gasteiger partial charge on any atom is 0.192 e. The zero-order valence-corrected chi connectivity index (χ0v) is 6.93. The summed E-state index contributed by atoms with van der Waals surface area (Å²) in [6.07, 6.45) is 0. The molecule has 0 bridgehead atoms. The number of nitrogens with zero attached hydrogens (tertiary/aromatic N) is 2. The highest BCUT2D eigenvalue weighted by atomic mass is 16.8. The second-order valence-electron chi connectivity index (χ2n) is 2.65. The van der Waals surface area contributed by atoms with Crippen LogP contribution in [0, 0.1) is 6.92 Å². The number of hydrogen-bond acceptors (Lipinski definition) is 5. The predicted octanol–water partition coefficient (Wildman–Crippen LogP) is 1.72. The van der Waals surface area contributed by atoms with Crippen LogP contribution in [-0.2, 0) is 0 Å². The Morgan fingerprint density at radius 1 is 1.38 bits per heavy atom. The molecule has 0 unspecified atom stereocenters. The van der Waals surface area contributed by atoms with E-state index in [1.807, 2.05) is 0 Å². The van der Waals surface area contributed by atoms with Gasteiger partial charge in [0.25, 0.3) is 0 Å². The fourth-order valence-corrected chi connectivity index (χ4v) is 1.21. The van der Waals surface area contributed by atoms with E-state index in [4.69, 9.17) is 14.8 Å². The van der Waals surface area contributed by atoms with Gasteiger partial charge in [0.1, 0.15) is 11.2 Å². The van der Waals surface area contributed by atoms with Crippen LogP contribution in [0.1, 0.15) is 5.89 Å². The zero-order valence-electron chi connectivity index (χ0n) is 6.93. The molecule has 1 aromatic heterocycles. The van der Waals surface area contributed by atoms with E-state index in [0.29, 0.717) is 17.0 Å². The van der Waals surface area contributed by atoms with E-state index >= 15 is 0 Å². The number of anilines is 1. The molecule has 68 valence electrons. The zero-order chi connectivity index (χ0) is 9.42. The van der Waals surface area contributed by atoms with E-state index in [0.717, 1.165) is 0 Å². The van der Waals surface area contributed by atoms with E-state index < -0.39 is 0 Å². The average molecular weight is 180 g/mol. The lowest BCUT2D eigenvalue weighted by Gasteiger charge is -2.06. The number of para-hydroxylation sites is 1. The topological polar surface area (TPSA) is 69.7 Å². The van der Waals surface area contributed by atoms with Gasteiger partial charge in [-0.05, 0) is 12.1 Å². The minimum absolute atomic E-state index is 0.0320. The van der Waals surface area contributed by atoms with Crippen molar-refractivity contribution in [1.82, 2.24) is 4.98 Å². The molecule has 0 saturated heterocycles. The number of aromatic nitrogens is 1. The van der Waals surface area contributed by atoms with E-state index in [1.54, 1.807) is 19.1 Å². The summed E-state index contributed by atoms with van der Waals surface area (Å²) in [4.78, 5) is 4.01. The summed E-state index contributed by atoms with van der Waals surface area (Å²) in [5, 5.41) is 17.7. The number of fused-ring (bicyclic) bond motifs is 1. The minimum Gasteiger partial charge on any atom is -0.441 e. The smallest absolute Gasteiger partial charge is 0.192 e. The molecule has 1 heterocycles. The van der Waals surface area contributed by atoms with Crippen molar-refractivity contribution in [2.45, 2.75) is 6.92 Å². The maximum absolute atomic E-state index is 8.84. The van der Waals surface area contributed by atoms with Crippen molar-refractivity contribution in [1.29, 1.82) is 0 Å². The number of oxazole rings is 1. The van der Waals surface area contributed by atoms with Gasteiger partial charge in [0.05, 0.1) is 0 Å². The fraction of sp³-hybridized carbons (Fsp3) is 0.125. The van der Waals surface area contributed by atoms with E-state index in [-0.39, 0.29) is 10.9 Å². The second-order valence-corrected chi connectivity index (χ2v) is 2.65. The van der Waals surface area contributed by atoms with Gasteiger partial charge in [0.2, 0.25) is 0 Å². The fourth-order valence-electron chi connectivity index (χ4n) is 1.21. The highest BCUT2D eigenvalue weighted by molar-refractivity contribution is 5.86. The van der Waals surface area contributed by atoms with Crippen molar-refractivity contribution in [2.24, 2.45) is 0 Å². The Bertz CT molecular complexity index is 436. The summed E-state index contributed by atoms with van der Waals surface area (Å²) in [5.74, 6) is 0.490. The molecule has 0 spiro atoms. The van der Waals surface area contributed by atoms with Crippen molar-refractivity contribution in [3.63, 3.8) is 0 Å². The van der Waals surface area contributed by atoms with Crippen LogP contribution in [0.2, 0.25) is 0 Å². The summed E-state index contributed by atoms with van der Waals surface area (Å²) in [6, 6.07) is 4.90. The Balaban J connectivity index is 2.75. The minimum atomic E-state index is 0.0320. The Morgan fingerprint density at radius 2 is 2.15 bits per heavy atom. The van der Waals surface area contributed by atoms with Gasteiger partial charge in [-0.25, -0.2) is 4.98 Å². The van der Waals surface area contributed by atoms with Crippen LogP contribution in [0.5, 0.6) is 0 Å². The first-order valence-electron chi connectivity index (χ1n) is 3.72. The molecule has 1 aromatic carbocycles. The highest BCUT2D eigenvalue weighted by Crippen LogP contribution is 2.24. The molecule has 0 saturated carbocycles. The van der Waals surface area contributed by atoms with Crippen molar-refractivity contribution in [3.8, 4) is 0 Å². The van der Waals surface area contributed by atoms with Gasteiger partial charge in [-0.15, -0.1) is 5.23 Å². The van der Waals surface area contributed by atoms with Crippen LogP contribution in [-0.4, -0.2) is 15.4 Å². The Labute approximate surface area is 73.7 Å². The largest absolute Gasteiger partial charge is 0.441 e. The Morgan fingerprint density at radius 3 is 2.85 bits per heavy atom. The van der Waals surface area contributed by atoms with Gasteiger partial charge in [0.15, 0.2) is 11.5 Å². The quantitative estimate of drug-likeness (QED) is 0.654. The molecular formula is C8H8N2O3. The first-order chi connectivity index (χ1) is 6.18. The summed E-state index contributed by atoms with van der Waals surface area (Å²) < 4.78 is 5.20. The summed E-state index contributed by atoms with van der Waals surface area (Å²) in [5.41, 5.74) is 1.17. The molecule has 0 atom stereocenters. The van der Waals surface area contributed by atoms with Crippen LogP contribution < -0.4 is 5.23 Å². The maximum atomic E-state index is 8.84. The lowest BCUT2D eigenvalue weighted by molar-refractivity contribution is 0.0299. The average Bonchev–Trinajstić information content (AvgIpc) is 2.43. The highest BCUT2D eigenvalue weighted by Gasteiger charge is 2.10. The molecule has 0 aliphatic heterocycles. The molecule has 0 radical (unpaired) electrons. The second kappa shape index (κ2) is 2.72. The first kappa shape index (κ1) is 8.03. The van der Waals surface area contributed by atoms with E-state index in [1.165, 1.54) is 6.07 Å². The third-order valence-electron chi connectivity index (χ3n) is 1.72.